The summed E-state index contributed by atoms with van der Waals surface area (Å²) in [6, 6.07) is 7.90. The summed E-state index contributed by atoms with van der Waals surface area (Å²) in [6.45, 7) is 7.57. The Labute approximate surface area is 138 Å². The zero-order chi connectivity index (χ0) is 17.1. The Balaban J connectivity index is 2.41. The minimum atomic E-state index is -0.477. The number of amides is 2. The van der Waals surface area contributed by atoms with E-state index < -0.39 is 6.09 Å². The quantitative estimate of drug-likeness (QED) is 0.686. The van der Waals surface area contributed by atoms with Crippen molar-refractivity contribution < 1.29 is 14.3 Å². The van der Waals surface area contributed by atoms with Crippen LogP contribution in [0.3, 0.4) is 0 Å². The highest BCUT2D eigenvalue weighted by Gasteiger charge is 2.06. The van der Waals surface area contributed by atoms with Gasteiger partial charge in [-0.1, -0.05) is 26.0 Å². The lowest BCUT2D eigenvalue weighted by atomic mass is 10.2. The van der Waals surface area contributed by atoms with Crippen LogP contribution in [0.25, 0.3) is 0 Å². The average molecular weight is 321 g/mol. The lowest BCUT2D eigenvalue weighted by molar-refractivity contribution is -0.116. The molecule has 0 unspecified atom stereocenters. The number of hydrogen-bond acceptors (Lipinski definition) is 4. The van der Waals surface area contributed by atoms with Crippen LogP contribution in [0.1, 0.15) is 32.3 Å². The fourth-order valence-electron chi connectivity index (χ4n) is 2.19. The molecule has 0 aliphatic heterocycles. The first-order valence-electron chi connectivity index (χ1n) is 8.02. The summed E-state index contributed by atoms with van der Waals surface area (Å²) >= 11 is 0. The second-order valence-electron chi connectivity index (χ2n) is 5.23. The van der Waals surface area contributed by atoms with Gasteiger partial charge < -0.3 is 15.4 Å². The van der Waals surface area contributed by atoms with Gasteiger partial charge in [0.25, 0.3) is 0 Å². The van der Waals surface area contributed by atoms with Gasteiger partial charge in [-0.25, -0.2) is 4.79 Å². The van der Waals surface area contributed by atoms with Crippen molar-refractivity contribution in [3.63, 3.8) is 0 Å². The first-order valence-corrected chi connectivity index (χ1v) is 8.02. The minimum absolute atomic E-state index is 0.0587. The van der Waals surface area contributed by atoms with Gasteiger partial charge in [0.15, 0.2) is 0 Å². The van der Waals surface area contributed by atoms with Crippen LogP contribution in [-0.4, -0.2) is 43.6 Å². The van der Waals surface area contributed by atoms with Gasteiger partial charge in [0.1, 0.15) is 0 Å². The summed E-state index contributed by atoms with van der Waals surface area (Å²) in [5, 5.41) is 5.44. The van der Waals surface area contributed by atoms with Crippen LogP contribution in [0, 0.1) is 0 Å². The molecular weight excluding hydrogens is 294 g/mol. The Kier molecular flexibility index (Phi) is 8.75. The first-order chi connectivity index (χ1) is 11.1. The van der Waals surface area contributed by atoms with Crippen LogP contribution < -0.4 is 10.6 Å². The molecule has 0 radical (unpaired) electrons. The molecule has 1 aromatic carbocycles. The topological polar surface area (TPSA) is 70.7 Å². The number of hydrogen-bond donors (Lipinski definition) is 2. The van der Waals surface area contributed by atoms with E-state index in [-0.39, 0.29) is 5.91 Å². The number of methoxy groups -OCH3 is 1. The molecule has 0 saturated carbocycles. The summed E-state index contributed by atoms with van der Waals surface area (Å²) in [4.78, 5) is 25.1. The second kappa shape index (κ2) is 10.6. The van der Waals surface area contributed by atoms with Crippen molar-refractivity contribution in [2.24, 2.45) is 0 Å². The number of carbonyl (C=O) groups excluding carboxylic acids is 2. The van der Waals surface area contributed by atoms with Gasteiger partial charge in [-0.3, -0.25) is 9.69 Å². The minimum Gasteiger partial charge on any atom is -0.453 e. The van der Waals surface area contributed by atoms with E-state index in [0.717, 1.165) is 25.3 Å². The molecule has 2 N–H and O–H groups in total. The van der Waals surface area contributed by atoms with Crippen molar-refractivity contribution in [3.05, 3.63) is 29.8 Å². The molecule has 0 spiro atoms. The predicted octanol–water partition coefficient (Wildman–Crippen LogP) is 2.60. The zero-order valence-corrected chi connectivity index (χ0v) is 14.2. The van der Waals surface area contributed by atoms with E-state index >= 15 is 0 Å². The number of alkyl carbamates (subject to hydrolysis) is 1. The van der Waals surface area contributed by atoms with Gasteiger partial charge in [-0.2, -0.15) is 0 Å². The standard InChI is InChI=1S/C17H27N3O3/c1-4-20(5-2)13-14-8-6-9-15(12-14)19-16(21)10-7-11-18-17(22)23-3/h6,8-9,12H,4-5,7,10-11,13H2,1-3H3,(H,18,22)(H,19,21). The molecular formula is C17H27N3O3. The highest BCUT2D eigenvalue weighted by molar-refractivity contribution is 5.90. The van der Waals surface area contributed by atoms with Crippen molar-refractivity contribution in [2.75, 3.05) is 32.1 Å². The molecule has 0 aromatic heterocycles. The zero-order valence-electron chi connectivity index (χ0n) is 14.2. The van der Waals surface area contributed by atoms with Crippen molar-refractivity contribution in [1.82, 2.24) is 10.2 Å². The van der Waals surface area contributed by atoms with Crippen LogP contribution in [0.2, 0.25) is 0 Å². The second-order valence-corrected chi connectivity index (χ2v) is 5.23. The summed E-state index contributed by atoms with van der Waals surface area (Å²) in [7, 11) is 1.31. The molecule has 0 bridgehead atoms. The van der Waals surface area contributed by atoms with Crippen molar-refractivity contribution in [2.45, 2.75) is 33.2 Å². The number of rotatable bonds is 9. The van der Waals surface area contributed by atoms with Crippen LogP contribution in [0.5, 0.6) is 0 Å². The van der Waals surface area contributed by atoms with Gasteiger partial charge in [0, 0.05) is 25.2 Å². The highest BCUT2D eigenvalue weighted by atomic mass is 16.5. The maximum atomic E-state index is 11.9. The van der Waals surface area contributed by atoms with Crippen LogP contribution in [0.4, 0.5) is 10.5 Å². The van der Waals surface area contributed by atoms with Crippen LogP contribution in [-0.2, 0) is 16.1 Å². The van der Waals surface area contributed by atoms with Gasteiger partial charge in [-0.15, -0.1) is 0 Å². The molecule has 2 amide bonds. The predicted molar refractivity (Wildman–Crippen MR) is 91.3 cm³/mol. The summed E-state index contributed by atoms with van der Waals surface area (Å²) in [6.07, 6.45) is 0.444. The van der Waals surface area contributed by atoms with Crippen LogP contribution in [0.15, 0.2) is 24.3 Å². The first kappa shape index (κ1) is 19.0. The average Bonchev–Trinajstić information content (AvgIpc) is 2.56. The van der Waals surface area contributed by atoms with Gasteiger partial charge in [-0.05, 0) is 37.2 Å². The maximum Gasteiger partial charge on any atom is 0.406 e. The number of nitrogens with one attached hydrogen (secondary N) is 2. The van der Waals surface area contributed by atoms with E-state index in [0.29, 0.717) is 19.4 Å². The lowest BCUT2D eigenvalue weighted by Crippen LogP contribution is -2.25. The molecule has 0 fully saturated rings. The molecule has 6 nitrogen and oxygen atoms in total. The number of benzene rings is 1. The monoisotopic (exact) mass is 321 g/mol. The SMILES string of the molecule is CCN(CC)Cc1cccc(NC(=O)CCCNC(=O)OC)c1. The number of ether oxygens (including phenoxy) is 1. The Morgan fingerprint density at radius 3 is 2.61 bits per heavy atom. The fraction of sp³-hybridized carbons (Fsp3) is 0.529. The largest absolute Gasteiger partial charge is 0.453 e. The smallest absolute Gasteiger partial charge is 0.406 e. The van der Waals surface area contributed by atoms with E-state index in [1.165, 1.54) is 12.7 Å². The highest BCUT2D eigenvalue weighted by Crippen LogP contribution is 2.13. The molecule has 1 rings (SSSR count). The van der Waals surface area contributed by atoms with Gasteiger partial charge >= 0.3 is 6.09 Å². The summed E-state index contributed by atoms with van der Waals surface area (Å²) in [5.74, 6) is -0.0587. The third kappa shape index (κ3) is 7.65. The molecule has 1 aromatic rings. The van der Waals surface area contributed by atoms with Crippen molar-refractivity contribution in [3.8, 4) is 0 Å². The Morgan fingerprint density at radius 2 is 1.96 bits per heavy atom. The number of nitrogens with zero attached hydrogens (tertiary/aromatic N) is 1. The lowest BCUT2D eigenvalue weighted by Gasteiger charge is -2.18. The maximum absolute atomic E-state index is 11.9. The molecule has 0 aliphatic carbocycles. The van der Waals surface area contributed by atoms with Crippen molar-refractivity contribution >= 4 is 17.7 Å². The van der Waals surface area contributed by atoms with Crippen molar-refractivity contribution in [1.29, 1.82) is 0 Å². The Bertz CT molecular complexity index is 502. The molecule has 0 aliphatic rings. The number of anilines is 1. The summed E-state index contributed by atoms with van der Waals surface area (Å²) in [5.41, 5.74) is 1.99. The van der Waals surface area contributed by atoms with E-state index in [1.54, 1.807) is 0 Å². The van der Waals surface area contributed by atoms with Gasteiger partial charge in [0.05, 0.1) is 7.11 Å². The molecule has 128 valence electrons. The Hall–Kier alpha value is -2.08. The van der Waals surface area contributed by atoms with Gasteiger partial charge in [0.2, 0.25) is 5.91 Å². The Morgan fingerprint density at radius 1 is 1.22 bits per heavy atom. The fourth-order valence-corrected chi connectivity index (χ4v) is 2.19. The molecule has 0 heterocycles. The summed E-state index contributed by atoms with van der Waals surface area (Å²) < 4.78 is 4.46. The third-order valence-electron chi connectivity index (χ3n) is 3.55. The molecule has 23 heavy (non-hydrogen) atoms. The normalized spacial score (nSPS) is 10.4. The van der Waals surface area contributed by atoms with E-state index in [4.69, 9.17) is 0 Å². The third-order valence-corrected chi connectivity index (χ3v) is 3.55. The molecule has 6 heteroatoms. The molecule has 0 saturated heterocycles. The molecule has 0 atom stereocenters. The van der Waals surface area contributed by atoms with E-state index in [2.05, 4.69) is 40.2 Å². The van der Waals surface area contributed by atoms with E-state index in [9.17, 15) is 9.59 Å². The van der Waals surface area contributed by atoms with E-state index in [1.807, 2.05) is 18.2 Å². The number of carbonyl (C=O) groups is 2. The van der Waals surface area contributed by atoms with Crippen LogP contribution >= 0.6 is 0 Å².